The molecular weight excluding hydrogens is 376 g/mol. The molecule has 2 atom stereocenters. The number of sulfonamides is 1. The van der Waals surface area contributed by atoms with Gasteiger partial charge in [0.15, 0.2) is 0 Å². The molecule has 1 aromatic carbocycles. The van der Waals surface area contributed by atoms with Crippen molar-refractivity contribution in [1.29, 1.82) is 0 Å². The summed E-state index contributed by atoms with van der Waals surface area (Å²) >= 11 is 7.03. The second-order valence-corrected chi connectivity index (χ2v) is 10.4. The van der Waals surface area contributed by atoms with Crippen molar-refractivity contribution in [2.24, 2.45) is 0 Å². The monoisotopic (exact) mass is 398 g/mol. The molecule has 4 nitrogen and oxygen atoms in total. The molecule has 2 heterocycles. The van der Waals surface area contributed by atoms with E-state index in [0.717, 1.165) is 24.3 Å². The Labute approximate surface area is 159 Å². The van der Waals surface area contributed by atoms with E-state index in [1.165, 1.54) is 5.56 Å². The van der Waals surface area contributed by atoms with Crippen molar-refractivity contribution in [3.8, 4) is 0 Å². The molecule has 2 unspecified atom stereocenters. The summed E-state index contributed by atoms with van der Waals surface area (Å²) in [7, 11) is -3.46. The van der Waals surface area contributed by atoms with E-state index in [1.807, 2.05) is 6.07 Å². The smallest absolute Gasteiger partial charge is 0.252 e. The Morgan fingerprint density at radius 3 is 2.28 bits per heavy atom. The molecule has 0 aliphatic carbocycles. The summed E-state index contributed by atoms with van der Waals surface area (Å²) in [6.45, 7) is 6.16. The van der Waals surface area contributed by atoms with Crippen LogP contribution in [0.15, 0.2) is 46.7 Å². The van der Waals surface area contributed by atoms with E-state index in [0.29, 0.717) is 21.6 Å². The average Bonchev–Trinajstić information content (AvgIpc) is 3.02. The maximum atomic E-state index is 12.8. The highest BCUT2D eigenvalue weighted by Gasteiger charge is 2.36. The second kappa shape index (κ2) is 7.76. The molecular formula is C18H23ClN2O2S2. The number of halogens is 1. The number of hydrogen-bond donors (Lipinski definition) is 0. The molecule has 1 saturated heterocycles. The molecule has 7 heteroatoms. The Hall–Kier alpha value is -0.920. The van der Waals surface area contributed by atoms with Gasteiger partial charge in [-0.25, -0.2) is 8.42 Å². The predicted molar refractivity (Wildman–Crippen MR) is 104 cm³/mol. The average molecular weight is 399 g/mol. The standard InChI is InChI=1S/C18H23ClN2O2S2/c1-14-12-20(25(22,23)18-9-8-17(19)24-18)13-15(2)21(14)11-10-16-6-4-3-5-7-16/h3-9,14-15H,10-13H2,1-2H3. The zero-order valence-electron chi connectivity index (χ0n) is 14.4. The molecule has 0 amide bonds. The molecule has 25 heavy (non-hydrogen) atoms. The van der Waals surface area contributed by atoms with Crippen molar-refractivity contribution in [3.63, 3.8) is 0 Å². The van der Waals surface area contributed by atoms with E-state index in [2.05, 4.69) is 43.0 Å². The van der Waals surface area contributed by atoms with Gasteiger partial charge in [0, 0.05) is 31.7 Å². The molecule has 0 spiro atoms. The minimum absolute atomic E-state index is 0.178. The fourth-order valence-corrected chi connectivity index (χ4v) is 6.65. The van der Waals surface area contributed by atoms with Gasteiger partial charge in [-0.15, -0.1) is 11.3 Å². The molecule has 0 radical (unpaired) electrons. The van der Waals surface area contributed by atoms with E-state index < -0.39 is 10.0 Å². The molecule has 0 saturated carbocycles. The van der Waals surface area contributed by atoms with Gasteiger partial charge in [0.25, 0.3) is 10.0 Å². The predicted octanol–water partition coefficient (Wildman–Crippen LogP) is 3.73. The van der Waals surface area contributed by atoms with Gasteiger partial charge in [-0.1, -0.05) is 41.9 Å². The highest BCUT2D eigenvalue weighted by Crippen LogP contribution is 2.30. The Morgan fingerprint density at radius 1 is 1.08 bits per heavy atom. The summed E-state index contributed by atoms with van der Waals surface area (Å²) < 4.78 is 28.1. The zero-order chi connectivity index (χ0) is 18.0. The van der Waals surface area contributed by atoms with Gasteiger partial charge in [-0.05, 0) is 38.0 Å². The van der Waals surface area contributed by atoms with Crippen LogP contribution in [0.4, 0.5) is 0 Å². The lowest BCUT2D eigenvalue weighted by molar-refractivity contribution is 0.0785. The van der Waals surface area contributed by atoms with E-state index in [9.17, 15) is 8.42 Å². The number of piperazine rings is 1. The highest BCUT2D eigenvalue weighted by atomic mass is 35.5. The summed E-state index contributed by atoms with van der Waals surface area (Å²) in [5, 5.41) is 0. The lowest BCUT2D eigenvalue weighted by Crippen LogP contribution is -2.58. The topological polar surface area (TPSA) is 40.6 Å². The van der Waals surface area contributed by atoms with E-state index in [4.69, 9.17) is 11.6 Å². The number of hydrogen-bond acceptors (Lipinski definition) is 4. The van der Waals surface area contributed by atoms with Crippen LogP contribution in [0.5, 0.6) is 0 Å². The van der Waals surface area contributed by atoms with Crippen molar-refractivity contribution >= 4 is 33.0 Å². The lowest BCUT2D eigenvalue weighted by Gasteiger charge is -2.43. The van der Waals surface area contributed by atoms with Crippen LogP contribution >= 0.6 is 22.9 Å². The van der Waals surface area contributed by atoms with E-state index >= 15 is 0 Å². The first-order chi connectivity index (χ1) is 11.9. The third-order valence-electron chi connectivity index (χ3n) is 4.71. The fraction of sp³-hybridized carbons (Fsp3) is 0.444. The minimum atomic E-state index is -3.46. The third-order valence-corrected chi connectivity index (χ3v) is 8.24. The molecule has 1 aromatic heterocycles. The van der Waals surface area contributed by atoms with Crippen LogP contribution in [0.3, 0.4) is 0 Å². The normalized spacial score (nSPS) is 23.0. The van der Waals surface area contributed by atoms with Crippen LogP contribution in [-0.4, -0.2) is 49.3 Å². The van der Waals surface area contributed by atoms with Gasteiger partial charge in [-0.2, -0.15) is 4.31 Å². The number of rotatable bonds is 5. The second-order valence-electron chi connectivity index (χ2n) is 6.55. The Morgan fingerprint density at radius 2 is 1.72 bits per heavy atom. The first-order valence-corrected chi connectivity index (χ1v) is 11.1. The highest BCUT2D eigenvalue weighted by molar-refractivity contribution is 7.91. The van der Waals surface area contributed by atoms with Crippen LogP contribution in [0.1, 0.15) is 19.4 Å². The summed E-state index contributed by atoms with van der Waals surface area (Å²) in [5.74, 6) is 0. The first kappa shape index (κ1) is 18.9. The molecule has 3 rings (SSSR count). The van der Waals surface area contributed by atoms with Crippen molar-refractivity contribution < 1.29 is 8.42 Å². The van der Waals surface area contributed by atoms with Gasteiger partial charge in [0.05, 0.1) is 4.34 Å². The summed E-state index contributed by atoms with van der Waals surface area (Å²) in [6, 6.07) is 14.0. The Bertz CT molecular complexity index is 795. The molecule has 2 aromatic rings. The quantitative estimate of drug-likeness (QED) is 0.770. The van der Waals surface area contributed by atoms with Crippen molar-refractivity contribution in [2.45, 2.75) is 36.6 Å². The maximum Gasteiger partial charge on any atom is 0.252 e. The van der Waals surface area contributed by atoms with Gasteiger partial charge >= 0.3 is 0 Å². The fourth-order valence-electron chi connectivity index (χ4n) is 3.41. The first-order valence-electron chi connectivity index (χ1n) is 8.43. The lowest BCUT2D eigenvalue weighted by atomic mass is 10.1. The molecule has 136 valence electrons. The Balaban J connectivity index is 1.67. The molecule has 0 N–H and O–H groups in total. The molecule has 0 bridgehead atoms. The van der Waals surface area contributed by atoms with Gasteiger partial charge in [-0.3, -0.25) is 4.90 Å². The summed E-state index contributed by atoms with van der Waals surface area (Å²) in [6.07, 6.45) is 0.975. The maximum absolute atomic E-state index is 12.8. The van der Waals surface area contributed by atoms with Crippen molar-refractivity contribution in [3.05, 3.63) is 52.4 Å². The largest absolute Gasteiger partial charge is 0.295 e. The van der Waals surface area contributed by atoms with Gasteiger partial charge in [0.1, 0.15) is 4.21 Å². The van der Waals surface area contributed by atoms with Crippen LogP contribution in [0.2, 0.25) is 4.34 Å². The van der Waals surface area contributed by atoms with Crippen LogP contribution in [-0.2, 0) is 16.4 Å². The summed E-state index contributed by atoms with van der Waals surface area (Å²) in [4.78, 5) is 2.40. The SMILES string of the molecule is CC1CN(S(=O)(=O)c2ccc(Cl)s2)CC(C)N1CCc1ccccc1. The summed E-state index contributed by atoms with van der Waals surface area (Å²) in [5.41, 5.74) is 1.31. The van der Waals surface area contributed by atoms with Crippen molar-refractivity contribution in [2.75, 3.05) is 19.6 Å². The number of benzene rings is 1. The molecule has 1 aliphatic heterocycles. The van der Waals surface area contributed by atoms with E-state index in [1.54, 1.807) is 16.4 Å². The van der Waals surface area contributed by atoms with E-state index in [-0.39, 0.29) is 12.1 Å². The van der Waals surface area contributed by atoms with Crippen LogP contribution < -0.4 is 0 Å². The van der Waals surface area contributed by atoms with Crippen LogP contribution in [0.25, 0.3) is 0 Å². The number of thiophene rings is 1. The third kappa shape index (κ3) is 4.26. The zero-order valence-corrected chi connectivity index (χ0v) is 16.8. The Kier molecular flexibility index (Phi) is 5.85. The van der Waals surface area contributed by atoms with Crippen LogP contribution in [0, 0.1) is 0 Å². The van der Waals surface area contributed by atoms with Gasteiger partial charge in [0.2, 0.25) is 0 Å². The minimum Gasteiger partial charge on any atom is -0.295 e. The molecule has 1 aliphatic rings. The van der Waals surface area contributed by atoms with Gasteiger partial charge < -0.3 is 0 Å². The van der Waals surface area contributed by atoms with Crippen molar-refractivity contribution in [1.82, 2.24) is 9.21 Å². The number of nitrogens with zero attached hydrogens (tertiary/aromatic N) is 2. The molecule has 1 fully saturated rings.